The number of Topliss-reactive ketones (excluding diaryl/α,β-unsaturated/α-hetero) is 1. The Morgan fingerprint density at radius 3 is 2.75 bits per heavy atom. The number of fused-ring (bicyclic) bond motifs is 1. The molecule has 0 bridgehead atoms. The van der Waals surface area contributed by atoms with Gasteiger partial charge in [-0.15, -0.1) is 0 Å². The molecule has 4 nitrogen and oxygen atoms in total. The third kappa shape index (κ3) is 3.77. The molecule has 0 unspecified atom stereocenters. The molecule has 0 saturated heterocycles. The Morgan fingerprint density at radius 1 is 1.21 bits per heavy atom. The third-order valence-corrected chi connectivity index (χ3v) is 4.07. The second kappa shape index (κ2) is 6.65. The van der Waals surface area contributed by atoms with Gasteiger partial charge in [0.05, 0.1) is 16.8 Å². The Labute approximate surface area is 146 Å². The third-order valence-electron chi connectivity index (χ3n) is 3.74. The summed E-state index contributed by atoms with van der Waals surface area (Å²) in [7, 11) is 0. The number of halogens is 1. The molecule has 1 aliphatic heterocycles. The molecule has 1 heterocycles. The second-order valence-electron chi connectivity index (χ2n) is 6.28. The number of ketones is 1. The highest BCUT2D eigenvalue weighted by Gasteiger charge is 2.20. The van der Waals surface area contributed by atoms with Crippen LogP contribution in [0.25, 0.3) is 0 Å². The lowest BCUT2D eigenvalue weighted by Gasteiger charge is -2.19. The molecule has 1 aliphatic rings. The molecular formula is C19H18ClNO3. The summed E-state index contributed by atoms with van der Waals surface area (Å²) in [6, 6.07) is 12.8. The topological polar surface area (TPSA) is 47.9 Å². The Balaban J connectivity index is 1.71. The van der Waals surface area contributed by atoms with Crippen molar-refractivity contribution in [3.05, 3.63) is 58.6 Å². The van der Waals surface area contributed by atoms with E-state index in [2.05, 4.69) is 4.99 Å². The number of nitrogens with zero attached hydrogens (tertiary/aromatic N) is 1. The van der Waals surface area contributed by atoms with Crippen molar-refractivity contribution in [2.75, 3.05) is 6.79 Å². The van der Waals surface area contributed by atoms with Crippen LogP contribution in [-0.2, 0) is 6.42 Å². The predicted octanol–water partition coefficient (Wildman–Crippen LogP) is 4.34. The monoisotopic (exact) mass is 343 g/mol. The van der Waals surface area contributed by atoms with Gasteiger partial charge < -0.3 is 9.47 Å². The van der Waals surface area contributed by atoms with E-state index in [1.807, 2.05) is 32.0 Å². The van der Waals surface area contributed by atoms with Crippen LogP contribution in [0.2, 0.25) is 5.02 Å². The van der Waals surface area contributed by atoms with E-state index in [0.29, 0.717) is 17.0 Å². The zero-order valence-electron chi connectivity index (χ0n) is 13.6. The van der Waals surface area contributed by atoms with Crippen LogP contribution in [0.4, 0.5) is 0 Å². The van der Waals surface area contributed by atoms with E-state index in [1.165, 1.54) is 6.21 Å². The van der Waals surface area contributed by atoms with Crippen LogP contribution >= 0.6 is 11.6 Å². The first-order valence-corrected chi connectivity index (χ1v) is 8.05. The van der Waals surface area contributed by atoms with Gasteiger partial charge in [-0.1, -0.05) is 29.8 Å². The summed E-state index contributed by atoms with van der Waals surface area (Å²) in [5, 5.41) is 0.433. The van der Waals surface area contributed by atoms with E-state index in [4.69, 9.17) is 21.1 Å². The fraction of sp³-hybridized carbons (Fsp3) is 0.263. The van der Waals surface area contributed by atoms with Gasteiger partial charge in [-0.05, 0) is 50.1 Å². The van der Waals surface area contributed by atoms with Gasteiger partial charge in [0.1, 0.15) is 0 Å². The molecule has 0 aromatic heterocycles. The molecule has 0 fully saturated rings. The van der Waals surface area contributed by atoms with Gasteiger partial charge in [0.25, 0.3) is 0 Å². The standard InChI is InChI=1S/C19H18ClNO3/c1-19(2,10-13-7-8-17-18(9-13)24-12-23-17)21-11-16(22)14-5-3-4-6-15(14)20/h3-9,11H,10,12H2,1-2H3/b21-11+. The molecule has 0 saturated carbocycles. The van der Waals surface area contributed by atoms with Crippen molar-refractivity contribution in [1.29, 1.82) is 0 Å². The zero-order valence-corrected chi connectivity index (χ0v) is 14.3. The minimum Gasteiger partial charge on any atom is -0.454 e. The summed E-state index contributed by atoms with van der Waals surface area (Å²) < 4.78 is 10.7. The van der Waals surface area contributed by atoms with Gasteiger partial charge in [-0.25, -0.2) is 0 Å². The Hall–Kier alpha value is -2.33. The average molecular weight is 344 g/mol. The summed E-state index contributed by atoms with van der Waals surface area (Å²) in [5.74, 6) is 1.31. The highest BCUT2D eigenvalue weighted by atomic mass is 35.5. The normalized spacial score (nSPS) is 13.5. The first-order valence-electron chi connectivity index (χ1n) is 7.67. The molecule has 0 radical (unpaired) electrons. The molecule has 0 N–H and O–H groups in total. The van der Waals surface area contributed by atoms with Crippen molar-refractivity contribution in [2.45, 2.75) is 25.8 Å². The Kier molecular flexibility index (Phi) is 4.58. The number of benzene rings is 2. The Morgan fingerprint density at radius 2 is 1.96 bits per heavy atom. The van der Waals surface area contributed by atoms with E-state index in [0.717, 1.165) is 17.1 Å². The van der Waals surface area contributed by atoms with Gasteiger partial charge in [-0.3, -0.25) is 9.79 Å². The molecule has 0 spiro atoms. The predicted molar refractivity (Wildman–Crippen MR) is 94.6 cm³/mol. The van der Waals surface area contributed by atoms with Crippen LogP contribution in [-0.4, -0.2) is 24.3 Å². The lowest BCUT2D eigenvalue weighted by atomic mass is 9.95. The first kappa shape index (κ1) is 16.5. The highest BCUT2D eigenvalue weighted by molar-refractivity contribution is 6.42. The molecule has 2 aromatic carbocycles. The summed E-state index contributed by atoms with van der Waals surface area (Å²) in [6.45, 7) is 4.22. The largest absolute Gasteiger partial charge is 0.454 e. The van der Waals surface area contributed by atoms with Gasteiger partial charge in [-0.2, -0.15) is 0 Å². The minimum absolute atomic E-state index is 0.195. The lowest BCUT2D eigenvalue weighted by Crippen LogP contribution is -2.21. The molecular weight excluding hydrogens is 326 g/mol. The molecule has 0 aliphatic carbocycles. The lowest BCUT2D eigenvalue weighted by molar-refractivity contribution is 0.107. The minimum atomic E-state index is -0.426. The molecule has 124 valence electrons. The molecule has 3 rings (SSSR count). The maximum atomic E-state index is 12.2. The van der Waals surface area contributed by atoms with E-state index >= 15 is 0 Å². The molecule has 0 atom stereocenters. The number of rotatable bonds is 5. The number of hydrogen-bond donors (Lipinski definition) is 0. The molecule has 24 heavy (non-hydrogen) atoms. The van der Waals surface area contributed by atoms with Crippen LogP contribution in [0.3, 0.4) is 0 Å². The van der Waals surface area contributed by atoms with Crippen LogP contribution in [0.15, 0.2) is 47.5 Å². The number of carbonyl (C=O) groups excluding carboxylic acids is 1. The number of hydrogen-bond acceptors (Lipinski definition) is 4. The van der Waals surface area contributed by atoms with Crippen LogP contribution in [0, 0.1) is 0 Å². The number of aliphatic imine (C=N–C) groups is 1. The van der Waals surface area contributed by atoms with Gasteiger partial charge >= 0.3 is 0 Å². The number of carbonyl (C=O) groups is 1. The highest BCUT2D eigenvalue weighted by Crippen LogP contribution is 2.33. The fourth-order valence-electron chi connectivity index (χ4n) is 2.56. The Bertz CT molecular complexity index is 799. The second-order valence-corrected chi connectivity index (χ2v) is 6.69. The van der Waals surface area contributed by atoms with Crippen molar-refractivity contribution in [3.8, 4) is 11.5 Å². The van der Waals surface area contributed by atoms with Crippen molar-refractivity contribution < 1.29 is 14.3 Å². The van der Waals surface area contributed by atoms with E-state index < -0.39 is 5.54 Å². The van der Waals surface area contributed by atoms with Crippen molar-refractivity contribution in [3.63, 3.8) is 0 Å². The maximum Gasteiger partial charge on any atom is 0.231 e. The SMILES string of the molecule is CC(C)(Cc1ccc2c(c1)OCO2)/N=C/C(=O)c1ccccc1Cl. The molecule has 5 heteroatoms. The van der Waals surface area contributed by atoms with Crippen molar-refractivity contribution in [1.82, 2.24) is 0 Å². The van der Waals surface area contributed by atoms with Gasteiger partial charge in [0.15, 0.2) is 11.5 Å². The summed E-state index contributed by atoms with van der Waals surface area (Å²) in [5.41, 5.74) is 1.11. The fourth-order valence-corrected chi connectivity index (χ4v) is 2.79. The van der Waals surface area contributed by atoms with Crippen molar-refractivity contribution in [2.24, 2.45) is 4.99 Å². The summed E-state index contributed by atoms with van der Waals surface area (Å²) in [6.07, 6.45) is 2.03. The smallest absolute Gasteiger partial charge is 0.231 e. The van der Waals surface area contributed by atoms with E-state index in [9.17, 15) is 4.79 Å². The quantitative estimate of drug-likeness (QED) is 0.599. The number of ether oxygens (including phenoxy) is 2. The van der Waals surface area contributed by atoms with E-state index in [1.54, 1.807) is 24.3 Å². The summed E-state index contributed by atoms with van der Waals surface area (Å²) in [4.78, 5) is 16.7. The van der Waals surface area contributed by atoms with Crippen LogP contribution < -0.4 is 9.47 Å². The molecule has 2 aromatic rings. The first-order chi connectivity index (χ1) is 11.4. The maximum absolute atomic E-state index is 12.2. The van der Waals surface area contributed by atoms with Crippen LogP contribution in [0.5, 0.6) is 11.5 Å². The summed E-state index contributed by atoms with van der Waals surface area (Å²) >= 11 is 6.04. The average Bonchev–Trinajstić information content (AvgIpc) is 3.00. The van der Waals surface area contributed by atoms with Crippen molar-refractivity contribution >= 4 is 23.6 Å². The van der Waals surface area contributed by atoms with Gasteiger partial charge in [0.2, 0.25) is 12.6 Å². The zero-order chi connectivity index (χ0) is 17.2. The van der Waals surface area contributed by atoms with Gasteiger partial charge in [0, 0.05) is 5.56 Å². The molecule has 0 amide bonds. The van der Waals surface area contributed by atoms with Crippen LogP contribution in [0.1, 0.15) is 29.8 Å². The van der Waals surface area contributed by atoms with E-state index in [-0.39, 0.29) is 12.6 Å².